The van der Waals surface area contributed by atoms with Gasteiger partial charge in [-0.05, 0) is 43.9 Å². The molecular weight excluding hydrogens is 162 g/mol. The van der Waals surface area contributed by atoms with E-state index in [1.54, 1.807) is 0 Å². The van der Waals surface area contributed by atoms with E-state index in [4.69, 9.17) is 0 Å². The number of nitrogens with one attached hydrogen (secondary N) is 1. The Morgan fingerprint density at radius 1 is 1.08 bits per heavy atom. The summed E-state index contributed by atoms with van der Waals surface area (Å²) in [5.74, 6) is 2.39. The summed E-state index contributed by atoms with van der Waals surface area (Å²) in [6, 6.07) is 0.548. The molecule has 3 aliphatic carbocycles. The average molecular weight is 179 g/mol. The van der Waals surface area contributed by atoms with Gasteiger partial charge in [0.15, 0.2) is 0 Å². The van der Waals surface area contributed by atoms with Gasteiger partial charge in [0, 0.05) is 12.0 Å². The minimum Gasteiger partial charge on any atom is -0.353 e. The van der Waals surface area contributed by atoms with Crippen LogP contribution < -0.4 is 5.32 Å². The Hall–Kier alpha value is -0.530. The molecule has 0 aromatic carbocycles. The Bertz CT molecular complexity index is 234. The van der Waals surface area contributed by atoms with E-state index in [0.717, 1.165) is 11.8 Å². The van der Waals surface area contributed by atoms with Crippen molar-refractivity contribution in [2.24, 2.45) is 17.8 Å². The molecule has 3 fully saturated rings. The van der Waals surface area contributed by atoms with Crippen LogP contribution in [0.15, 0.2) is 0 Å². The SMILES string of the molecule is O=C(NC1CC1)[C@H]1C[C@H]2CC[C@H]1C2. The molecule has 3 saturated carbocycles. The molecule has 0 aliphatic heterocycles. The van der Waals surface area contributed by atoms with Gasteiger partial charge in [0.25, 0.3) is 0 Å². The lowest BCUT2D eigenvalue weighted by atomic mass is 9.88. The number of amides is 1. The van der Waals surface area contributed by atoms with E-state index >= 15 is 0 Å². The zero-order valence-electron chi connectivity index (χ0n) is 7.96. The second-order valence-electron chi connectivity index (χ2n) is 5.06. The molecule has 2 heteroatoms. The molecule has 1 N–H and O–H groups in total. The van der Waals surface area contributed by atoms with Gasteiger partial charge in [0.05, 0.1) is 0 Å². The Morgan fingerprint density at radius 2 is 1.92 bits per heavy atom. The number of hydrogen-bond acceptors (Lipinski definition) is 1. The summed E-state index contributed by atoms with van der Waals surface area (Å²) in [5, 5.41) is 3.14. The zero-order valence-corrected chi connectivity index (χ0v) is 7.96. The van der Waals surface area contributed by atoms with Gasteiger partial charge in [-0.2, -0.15) is 0 Å². The first-order valence-electron chi connectivity index (χ1n) is 5.63. The molecule has 2 bridgehead atoms. The van der Waals surface area contributed by atoms with Crippen molar-refractivity contribution in [2.75, 3.05) is 0 Å². The molecular formula is C11H17NO. The van der Waals surface area contributed by atoms with Crippen LogP contribution in [-0.2, 0) is 4.79 Å². The van der Waals surface area contributed by atoms with Crippen molar-refractivity contribution in [2.45, 2.75) is 44.6 Å². The maximum atomic E-state index is 11.8. The first kappa shape index (κ1) is 7.84. The first-order valence-corrected chi connectivity index (χ1v) is 5.63. The topological polar surface area (TPSA) is 29.1 Å². The van der Waals surface area contributed by atoms with Crippen LogP contribution in [0.5, 0.6) is 0 Å². The highest BCUT2D eigenvalue weighted by atomic mass is 16.2. The van der Waals surface area contributed by atoms with E-state index in [1.807, 2.05) is 0 Å². The van der Waals surface area contributed by atoms with E-state index in [-0.39, 0.29) is 0 Å². The summed E-state index contributed by atoms with van der Waals surface area (Å²) in [6.07, 6.45) is 7.65. The van der Waals surface area contributed by atoms with Crippen molar-refractivity contribution in [1.82, 2.24) is 5.32 Å². The van der Waals surface area contributed by atoms with E-state index < -0.39 is 0 Å². The highest BCUT2D eigenvalue weighted by Crippen LogP contribution is 2.48. The second-order valence-corrected chi connectivity index (χ2v) is 5.06. The van der Waals surface area contributed by atoms with Crippen LogP contribution >= 0.6 is 0 Å². The molecule has 13 heavy (non-hydrogen) atoms. The highest BCUT2D eigenvalue weighted by Gasteiger charge is 2.43. The second kappa shape index (κ2) is 2.73. The fraction of sp³-hybridized carbons (Fsp3) is 0.909. The maximum Gasteiger partial charge on any atom is 0.223 e. The standard InChI is InChI=1S/C11H17NO/c13-11(12-9-3-4-9)10-6-7-1-2-8(10)5-7/h7-10H,1-6H2,(H,12,13)/t7-,8-,10-/m0/s1. The van der Waals surface area contributed by atoms with Crippen LogP contribution in [0.1, 0.15) is 38.5 Å². The number of rotatable bonds is 2. The number of hydrogen-bond donors (Lipinski definition) is 1. The minimum atomic E-state index is 0.370. The van der Waals surface area contributed by atoms with E-state index in [0.29, 0.717) is 17.9 Å². The van der Waals surface area contributed by atoms with Crippen molar-refractivity contribution in [3.05, 3.63) is 0 Å². The quantitative estimate of drug-likeness (QED) is 0.687. The van der Waals surface area contributed by atoms with Crippen LogP contribution in [-0.4, -0.2) is 11.9 Å². The van der Waals surface area contributed by atoms with Gasteiger partial charge in [-0.3, -0.25) is 4.79 Å². The minimum absolute atomic E-state index is 0.370. The van der Waals surface area contributed by atoms with Gasteiger partial charge in [-0.1, -0.05) is 6.42 Å². The summed E-state index contributed by atoms with van der Waals surface area (Å²) in [5.41, 5.74) is 0. The lowest BCUT2D eigenvalue weighted by molar-refractivity contribution is -0.126. The van der Waals surface area contributed by atoms with Gasteiger partial charge < -0.3 is 5.32 Å². The fourth-order valence-corrected chi connectivity index (χ4v) is 3.10. The summed E-state index contributed by atoms with van der Waals surface area (Å²) >= 11 is 0. The molecule has 0 spiro atoms. The number of carbonyl (C=O) groups excluding carboxylic acids is 1. The Labute approximate surface area is 79.1 Å². The molecule has 3 atom stereocenters. The summed E-state index contributed by atoms with van der Waals surface area (Å²) in [4.78, 5) is 11.8. The molecule has 0 saturated heterocycles. The predicted octanol–water partition coefficient (Wildman–Crippen LogP) is 1.70. The van der Waals surface area contributed by atoms with Gasteiger partial charge in [0.1, 0.15) is 0 Å². The van der Waals surface area contributed by atoms with Crippen LogP contribution in [0.3, 0.4) is 0 Å². The van der Waals surface area contributed by atoms with Crippen LogP contribution in [0.2, 0.25) is 0 Å². The highest BCUT2D eigenvalue weighted by molar-refractivity contribution is 5.80. The van der Waals surface area contributed by atoms with Gasteiger partial charge in [-0.15, -0.1) is 0 Å². The lowest BCUT2D eigenvalue weighted by Crippen LogP contribution is -2.34. The molecule has 0 unspecified atom stereocenters. The molecule has 3 aliphatic rings. The van der Waals surface area contributed by atoms with Gasteiger partial charge >= 0.3 is 0 Å². The summed E-state index contributed by atoms with van der Waals surface area (Å²) < 4.78 is 0. The summed E-state index contributed by atoms with van der Waals surface area (Å²) in [7, 11) is 0. The normalized spacial score (nSPS) is 42.3. The number of fused-ring (bicyclic) bond motifs is 2. The lowest BCUT2D eigenvalue weighted by Gasteiger charge is -2.20. The Morgan fingerprint density at radius 3 is 2.46 bits per heavy atom. The largest absolute Gasteiger partial charge is 0.353 e. The third-order valence-corrected chi connectivity index (χ3v) is 4.00. The molecule has 0 heterocycles. The van der Waals surface area contributed by atoms with E-state index in [2.05, 4.69) is 5.32 Å². The van der Waals surface area contributed by atoms with Gasteiger partial charge in [-0.25, -0.2) is 0 Å². The van der Waals surface area contributed by atoms with Gasteiger partial charge in [0.2, 0.25) is 5.91 Å². The molecule has 0 radical (unpaired) electrons. The molecule has 3 rings (SSSR count). The van der Waals surface area contributed by atoms with E-state index in [9.17, 15) is 4.79 Å². The molecule has 2 nitrogen and oxygen atoms in total. The van der Waals surface area contributed by atoms with Crippen LogP contribution in [0, 0.1) is 17.8 Å². The third-order valence-electron chi connectivity index (χ3n) is 4.00. The van der Waals surface area contributed by atoms with Crippen molar-refractivity contribution in [3.63, 3.8) is 0 Å². The van der Waals surface area contributed by atoms with Crippen molar-refractivity contribution in [3.8, 4) is 0 Å². The fourth-order valence-electron chi connectivity index (χ4n) is 3.10. The van der Waals surface area contributed by atoms with Crippen molar-refractivity contribution in [1.29, 1.82) is 0 Å². The molecule has 0 aromatic rings. The average Bonchev–Trinajstić information content (AvgIpc) is 2.71. The predicted molar refractivity (Wildman–Crippen MR) is 50.1 cm³/mol. The number of carbonyl (C=O) groups is 1. The third kappa shape index (κ3) is 1.36. The smallest absolute Gasteiger partial charge is 0.223 e. The summed E-state index contributed by atoms with van der Waals surface area (Å²) in [6.45, 7) is 0. The van der Waals surface area contributed by atoms with Crippen molar-refractivity contribution < 1.29 is 4.79 Å². The zero-order chi connectivity index (χ0) is 8.84. The molecule has 72 valence electrons. The van der Waals surface area contributed by atoms with Crippen molar-refractivity contribution >= 4 is 5.91 Å². The molecule has 0 aromatic heterocycles. The van der Waals surface area contributed by atoms with Crippen LogP contribution in [0.4, 0.5) is 0 Å². The Kier molecular flexibility index (Phi) is 1.64. The monoisotopic (exact) mass is 179 g/mol. The first-order chi connectivity index (χ1) is 6.33. The van der Waals surface area contributed by atoms with E-state index in [1.165, 1.54) is 38.5 Å². The maximum absolute atomic E-state index is 11.8. The van der Waals surface area contributed by atoms with Crippen LogP contribution in [0.25, 0.3) is 0 Å². The Balaban J connectivity index is 1.61. The molecule has 1 amide bonds.